The zero-order valence-electron chi connectivity index (χ0n) is 11.4. The fraction of sp³-hybridized carbons (Fsp3) is 0.188. The molecule has 2 aromatic rings. The number of aryl methyl sites for hydroxylation is 1. The van der Waals surface area contributed by atoms with E-state index in [1.165, 1.54) is 18.2 Å². The third kappa shape index (κ3) is 2.96. The number of ether oxygens (including phenoxy) is 1. The number of anilines is 1. The lowest BCUT2D eigenvalue weighted by Crippen LogP contribution is -2.06. The number of hydrogen-bond donors (Lipinski definition) is 1. The molecule has 0 radical (unpaired) electrons. The molecule has 0 bridgehead atoms. The van der Waals surface area contributed by atoms with E-state index in [9.17, 15) is 9.18 Å². The number of carbonyl (C=O) groups is 1. The molecule has 0 heterocycles. The van der Waals surface area contributed by atoms with Crippen molar-refractivity contribution in [3.05, 3.63) is 58.9 Å². The number of ketones is 1. The Kier molecular flexibility index (Phi) is 4.03. The van der Waals surface area contributed by atoms with E-state index in [1.807, 2.05) is 25.1 Å². The summed E-state index contributed by atoms with van der Waals surface area (Å²) in [7, 11) is 1.56. The van der Waals surface area contributed by atoms with Crippen LogP contribution in [0.2, 0.25) is 0 Å². The average molecular weight is 273 g/mol. The Bertz CT molecular complexity index is 653. The van der Waals surface area contributed by atoms with Crippen molar-refractivity contribution in [2.75, 3.05) is 12.8 Å². The molecule has 4 heteroatoms. The Morgan fingerprint density at radius 3 is 2.65 bits per heavy atom. The summed E-state index contributed by atoms with van der Waals surface area (Å²) in [6.07, 6.45) is 0.161. The Morgan fingerprint density at radius 2 is 2.00 bits per heavy atom. The van der Waals surface area contributed by atoms with Gasteiger partial charge in [0.15, 0.2) is 5.78 Å². The first-order valence-corrected chi connectivity index (χ1v) is 6.23. The molecule has 0 aliphatic rings. The number of hydrogen-bond acceptors (Lipinski definition) is 3. The number of nitrogens with two attached hydrogens (primary N) is 1. The van der Waals surface area contributed by atoms with E-state index in [2.05, 4.69) is 0 Å². The summed E-state index contributed by atoms with van der Waals surface area (Å²) in [4.78, 5) is 12.2. The second-order valence-corrected chi connectivity index (χ2v) is 4.65. The van der Waals surface area contributed by atoms with Crippen molar-refractivity contribution >= 4 is 11.5 Å². The number of halogens is 1. The number of Topliss-reactive ketones (excluding diaryl/α,β-unsaturated/α-hetero) is 1. The molecular weight excluding hydrogens is 257 g/mol. The molecule has 3 nitrogen and oxygen atoms in total. The topological polar surface area (TPSA) is 52.3 Å². The number of rotatable bonds is 4. The highest BCUT2D eigenvalue weighted by molar-refractivity contribution is 5.98. The molecule has 0 aliphatic carbocycles. The zero-order chi connectivity index (χ0) is 14.7. The number of benzene rings is 2. The smallest absolute Gasteiger partial charge is 0.167 e. The zero-order valence-corrected chi connectivity index (χ0v) is 11.4. The maximum absolute atomic E-state index is 13.4. The molecule has 2 N–H and O–H groups in total. The van der Waals surface area contributed by atoms with Crippen LogP contribution in [0.3, 0.4) is 0 Å². The normalized spacial score (nSPS) is 10.3. The summed E-state index contributed by atoms with van der Waals surface area (Å²) in [5, 5.41) is 0. The van der Waals surface area contributed by atoms with Crippen molar-refractivity contribution < 1.29 is 13.9 Å². The van der Waals surface area contributed by atoms with Gasteiger partial charge in [0.25, 0.3) is 0 Å². The molecule has 0 aliphatic heterocycles. The summed E-state index contributed by atoms with van der Waals surface area (Å²) in [5.74, 6) is -0.0975. The summed E-state index contributed by atoms with van der Waals surface area (Å²) in [5.41, 5.74) is 7.57. The molecule has 0 saturated heterocycles. The Balaban J connectivity index is 2.27. The van der Waals surface area contributed by atoms with Crippen LogP contribution in [0.1, 0.15) is 21.5 Å². The van der Waals surface area contributed by atoms with E-state index in [4.69, 9.17) is 10.5 Å². The van der Waals surface area contributed by atoms with E-state index >= 15 is 0 Å². The largest absolute Gasteiger partial charge is 0.496 e. The third-order valence-electron chi connectivity index (χ3n) is 3.11. The van der Waals surface area contributed by atoms with Crippen molar-refractivity contribution in [3.8, 4) is 5.75 Å². The quantitative estimate of drug-likeness (QED) is 0.687. The first kappa shape index (κ1) is 14.1. The standard InChI is InChI=1S/C16H16FNO2/c1-10-3-6-16(20-2)12(7-10)9-15(19)11-4-5-14(18)13(17)8-11/h3-8H,9,18H2,1-2H3. The van der Waals surface area contributed by atoms with Gasteiger partial charge in [-0.1, -0.05) is 17.7 Å². The first-order valence-electron chi connectivity index (χ1n) is 6.23. The van der Waals surface area contributed by atoms with Gasteiger partial charge in [0.1, 0.15) is 11.6 Å². The minimum Gasteiger partial charge on any atom is -0.496 e. The molecular formula is C16H16FNO2. The molecule has 0 atom stereocenters. The summed E-state index contributed by atoms with van der Waals surface area (Å²) in [6.45, 7) is 1.94. The van der Waals surface area contributed by atoms with E-state index in [0.29, 0.717) is 11.3 Å². The second-order valence-electron chi connectivity index (χ2n) is 4.65. The fourth-order valence-corrected chi connectivity index (χ4v) is 2.02. The van der Waals surface area contributed by atoms with Gasteiger partial charge in [0.2, 0.25) is 0 Å². The van der Waals surface area contributed by atoms with E-state index in [0.717, 1.165) is 11.1 Å². The predicted octanol–water partition coefficient (Wildman–Crippen LogP) is 3.15. The van der Waals surface area contributed by atoms with Crippen molar-refractivity contribution in [1.29, 1.82) is 0 Å². The Morgan fingerprint density at radius 1 is 1.25 bits per heavy atom. The molecule has 2 rings (SSSR count). The van der Waals surface area contributed by atoms with Crippen molar-refractivity contribution in [3.63, 3.8) is 0 Å². The van der Waals surface area contributed by atoms with Gasteiger partial charge in [0, 0.05) is 17.5 Å². The highest BCUT2D eigenvalue weighted by atomic mass is 19.1. The van der Waals surface area contributed by atoms with Gasteiger partial charge in [-0.3, -0.25) is 4.79 Å². The van der Waals surface area contributed by atoms with Gasteiger partial charge in [-0.05, 0) is 31.2 Å². The Hall–Kier alpha value is -2.36. The lowest BCUT2D eigenvalue weighted by Gasteiger charge is -2.09. The highest BCUT2D eigenvalue weighted by Gasteiger charge is 2.12. The van der Waals surface area contributed by atoms with Gasteiger partial charge in [-0.25, -0.2) is 4.39 Å². The lowest BCUT2D eigenvalue weighted by molar-refractivity contribution is 0.0991. The van der Waals surface area contributed by atoms with Gasteiger partial charge in [-0.15, -0.1) is 0 Å². The van der Waals surface area contributed by atoms with E-state index in [-0.39, 0.29) is 17.9 Å². The molecule has 0 fully saturated rings. The van der Waals surface area contributed by atoms with Gasteiger partial charge < -0.3 is 10.5 Å². The maximum atomic E-state index is 13.4. The minimum absolute atomic E-state index is 0.0367. The van der Waals surface area contributed by atoms with Crippen molar-refractivity contribution in [2.24, 2.45) is 0 Å². The number of carbonyl (C=O) groups excluding carboxylic acids is 1. The van der Waals surface area contributed by atoms with Crippen LogP contribution >= 0.6 is 0 Å². The molecule has 0 spiro atoms. The molecule has 0 aromatic heterocycles. The first-order chi connectivity index (χ1) is 9.51. The maximum Gasteiger partial charge on any atom is 0.167 e. The monoisotopic (exact) mass is 273 g/mol. The average Bonchev–Trinajstić information content (AvgIpc) is 2.42. The van der Waals surface area contributed by atoms with Crippen LogP contribution in [-0.2, 0) is 6.42 Å². The summed E-state index contributed by atoms with van der Waals surface area (Å²) in [6, 6.07) is 9.72. The van der Waals surface area contributed by atoms with Crippen LogP contribution in [0.5, 0.6) is 5.75 Å². The van der Waals surface area contributed by atoms with Crippen LogP contribution in [-0.4, -0.2) is 12.9 Å². The molecule has 104 valence electrons. The predicted molar refractivity (Wildman–Crippen MR) is 76.6 cm³/mol. The van der Waals surface area contributed by atoms with E-state index < -0.39 is 5.82 Å². The van der Waals surface area contributed by atoms with Crippen LogP contribution in [0.15, 0.2) is 36.4 Å². The van der Waals surface area contributed by atoms with Crippen LogP contribution < -0.4 is 10.5 Å². The summed E-state index contributed by atoms with van der Waals surface area (Å²) < 4.78 is 18.6. The highest BCUT2D eigenvalue weighted by Crippen LogP contribution is 2.22. The van der Waals surface area contributed by atoms with Crippen LogP contribution in [0, 0.1) is 12.7 Å². The molecule has 0 saturated carbocycles. The van der Waals surface area contributed by atoms with Gasteiger partial charge >= 0.3 is 0 Å². The number of nitrogen functional groups attached to an aromatic ring is 1. The van der Waals surface area contributed by atoms with Crippen LogP contribution in [0.4, 0.5) is 10.1 Å². The second kappa shape index (κ2) is 5.74. The van der Waals surface area contributed by atoms with Gasteiger partial charge in [-0.2, -0.15) is 0 Å². The molecule has 0 amide bonds. The summed E-state index contributed by atoms with van der Waals surface area (Å²) >= 11 is 0. The van der Waals surface area contributed by atoms with Crippen molar-refractivity contribution in [2.45, 2.75) is 13.3 Å². The minimum atomic E-state index is -0.577. The van der Waals surface area contributed by atoms with E-state index in [1.54, 1.807) is 7.11 Å². The van der Waals surface area contributed by atoms with Crippen molar-refractivity contribution in [1.82, 2.24) is 0 Å². The third-order valence-corrected chi connectivity index (χ3v) is 3.11. The SMILES string of the molecule is COc1ccc(C)cc1CC(=O)c1ccc(N)c(F)c1. The fourth-order valence-electron chi connectivity index (χ4n) is 2.02. The van der Waals surface area contributed by atoms with Gasteiger partial charge in [0.05, 0.1) is 12.8 Å². The molecule has 2 aromatic carbocycles. The molecule has 20 heavy (non-hydrogen) atoms. The van der Waals surface area contributed by atoms with Crippen LogP contribution in [0.25, 0.3) is 0 Å². The Labute approximate surface area is 117 Å². The number of methoxy groups -OCH3 is 1. The molecule has 0 unspecified atom stereocenters. The lowest BCUT2D eigenvalue weighted by atomic mass is 10.0.